The molecule has 1 heterocycles. The first kappa shape index (κ1) is 21.6. The van der Waals surface area contributed by atoms with Crippen LogP contribution in [0.1, 0.15) is 31.2 Å². The van der Waals surface area contributed by atoms with Crippen LogP contribution in [-0.2, 0) is 14.8 Å². The standard InChI is InChI=1S/C21H25ClN2O4S/c1-15-6-9-18(10-7-15)29(26,27)24-12-4-3-5-17(24)14-21(25)23-16-8-11-20(28-2)19(22)13-16/h6-11,13,17H,3-5,12,14H2,1-2H3,(H,23,25)/t17-/m1/s1. The highest BCUT2D eigenvalue weighted by atomic mass is 35.5. The molecule has 0 saturated carbocycles. The summed E-state index contributed by atoms with van der Waals surface area (Å²) in [6, 6.07) is 11.4. The average Bonchev–Trinajstić information content (AvgIpc) is 2.68. The van der Waals surface area contributed by atoms with Crippen molar-refractivity contribution in [3.05, 3.63) is 53.1 Å². The van der Waals surface area contributed by atoms with Gasteiger partial charge in [-0.25, -0.2) is 8.42 Å². The molecule has 29 heavy (non-hydrogen) atoms. The fourth-order valence-corrected chi connectivity index (χ4v) is 5.46. The zero-order valence-corrected chi connectivity index (χ0v) is 18.1. The molecule has 0 unspecified atom stereocenters. The molecule has 1 fully saturated rings. The molecule has 0 radical (unpaired) electrons. The minimum atomic E-state index is -3.65. The Morgan fingerprint density at radius 2 is 1.93 bits per heavy atom. The van der Waals surface area contributed by atoms with Crippen molar-refractivity contribution in [3.8, 4) is 5.75 Å². The summed E-state index contributed by atoms with van der Waals surface area (Å²) in [5.41, 5.74) is 1.54. The van der Waals surface area contributed by atoms with Crippen LogP contribution in [0, 0.1) is 6.92 Å². The summed E-state index contributed by atoms with van der Waals surface area (Å²) in [4.78, 5) is 12.9. The number of hydrogen-bond acceptors (Lipinski definition) is 4. The Hall–Kier alpha value is -2.09. The minimum absolute atomic E-state index is 0.0920. The topological polar surface area (TPSA) is 75.7 Å². The lowest BCUT2D eigenvalue weighted by molar-refractivity contribution is -0.117. The molecule has 3 rings (SSSR count). The van der Waals surface area contributed by atoms with Gasteiger partial charge in [-0.2, -0.15) is 4.31 Å². The number of ether oxygens (including phenoxy) is 1. The summed E-state index contributed by atoms with van der Waals surface area (Å²) in [6.45, 7) is 2.33. The summed E-state index contributed by atoms with van der Waals surface area (Å²) in [5.74, 6) is 0.273. The van der Waals surface area contributed by atoms with Gasteiger partial charge < -0.3 is 10.1 Å². The van der Waals surface area contributed by atoms with Crippen LogP contribution in [0.2, 0.25) is 5.02 Å². The van der Waals surface area contributed by atoms with Crippen molar-refractivity contribution in [3.63, 3.8) is 0 Å². The van der Waals surface area contributed by atoms with E-state index in [0.717, 1.165) is 18.4 Å². The van der Waals surface area contributed by atoms with E-state index < -0.39 is 10.0 Å². The van der Waals surface area contributed by atoms with Crippen molar-refractivity contribution in [2.45, 2.75) is 43.5 Å². The number of carbonyl (C=O) groups is 1. The van der Waals surface area contributed by atoms with Crippen LogP contribution in [0.15, 0.2) is 47.4 Å². The molecular formula is C21H25ClN2O4S. The Kier molecular flexibility index (Phi) is 6.82. The van der Waals surface area contributed by atoms with Crippen LogP contribution in [0.3, 0.4) is 0 Å². The molecular weight excluding hydrogens is 412 g/mol. The number of hydrogen-bond donors (Lipinski definition) is 1. The molecule has 1 N–H and O–H groups in total. The van der Waals surface area contributed by atoms with Gasteiger partial charge in [-0.15, -0.1) is 0 Å². The number of nitrogens with zero attached hydrogens (tertiary/aromatic N) is 1. The van der Waals surface area contributed by atoms with Gasteiger partial charge in [0.2, 0.25) is 15.9 Å². The number of sulfonamides is 1. The van der Waals surface area contributed by atoms with Gasteiger partial charge in [0.1, 0.15) is 5.75 Å². The normalized spacial score (nSPS) is 17.7. The quantitative estimate of drug-likeness (QED) is 0.735. The Bertz CT molecular complexity index is 977. The lowest BCUT2D eigenvalue weighted by Gasteiger charge is -2.34. The van der Waals surface area contributed by atoms with E-state index in [0.29, 0.717) is 29.4 Å². The molecule has 1 atom stereocenters. The fraction of sp³-hybridized carbons (Fsp3) is 0.381. The molecule has 156 valence electrons. The number of carbonyl (C=O) groups excluding carboxylic acids is 1. The van der Waals surface area contributed by atoms with Crippen LogP contribution in [-0.4, -0.2) is 38.3 Å². The molecule has 2 aromatic rings. The summed E-state index contributed by atoms with van der Waals surface area (Å²) in [5, 5.41) is 3.20. The Balaban J connectivity index is 1.73. The van der Waals surface area contributed by atoms with Crippen molar-refractivity contribution in [2.75, 3.05) is 19.0 Å². The van der Waals surface area contributed by atoms with E-state index in [4.69, 9.17) is 16.3 Å². The van der Waals surface area contributed by atoms with Crippen LogP contribution in [0.5, 0.6) is 5.75 Å². The van der Waals surface area contributed by atoms with Crippen molar-refractivity contribution in [1.82, 2.24) is 4.31 Å². The Morgan fingerprint density at radius 3 is 2.59 bits per heavy atom. The van der Waals surface area contributed by atoms with E-state index in [2.05, 4.69) is 5.32 Å². The maximum atomic E-state index is 13.1. The van der Waals surface area contributed by atoms with Gasteiger partial charge in [-0.1, -0.05) is 35.7 Å². The molecule has 1 saturated heterocycles. The summed E-state index contributed by atoms with van der Waals surface area (Å²) < 4.78 is 32.8. The molecule has 6 nitrogen and oxygen atoms in total. The zero-order chi connectivity index (χ0) is 21.0. The number of halogens is 1. The van der Waals surface area contributed by atoms with Gasteiger partial charge in [0.25, 0.3) is 0 Å². The van der Waals surface area contributed by atoms with E-state index in [-0.39, 0.29) is 23.3 Å². The Morgan fingerprint density at radius 1 is 1.21 bits per heavy atom. The summed E-state index contributed by atoms with van der Waals surface area (Å²) in [7, 11) is -2.13. The predicted molar refractivity (Wildman–Crippen MR) is 114 cm³/mol. The van der Waals surface area contributed by atoms with E-state index >= 15 is 0 Å². The molecule has 1 aliphatic rings. The van der Waals surface area contributed by atoms with Gasteiger partial charge in [0.05, 0.1) is 17.0 Å². The second-order valence-corrected chi connectivity index (χ2v) is 9.48. The summed E-state index contributed by atoms with van der Waals surface area (Å²) in [6.07, 6.45) is 2.43. The fourth-order valence-electron chi connectivity index (χ4n) is 3.51. The smallest absolute Gasteiger partial charge is 0.243 e. The van der Waals surface area contributed by atoms with Gasteiger partial charge in [0.15, 0.2) is 0 Å². The second-order valence-electron chi connectivity index (χ2n) is 7.18. The first-order valence-electron chi connectivity index (χ1n) is 9.53. The highest BCUT2D eigenvalue weighted by Gasteiger charge is 2.34. The van der Waals surface area contributed by atoms with E-state index in [1.165, 1.54) is 11.4 Å². The third-order valence-electron chi connectivity index (χ3n) is 5.06. The summed E-state index contributed by atoms with van der Waals surface area (Å²) >= 11 is 6.10. The van der Waals surface area contributed by atoms with Gasteiger partial charge in [0, 0.05) is 24.7 Å². The number of nitrogens with one attached hydrogen (secondary N) is 1. The molecule has 0 bridgehead atoms. The predicted octanol–water partition coefficient (Wildman–Crippen LogP) is 4.23. The highest BCUT2D eigenvalue weighted by molar-refractivity contribution is 7.89. The van der Waals surface area contributed by atoms with Crippen molar-refractivity contribution >= 4 is 33.2 Å². The molecule has 0 spiro atoms. The monoisotopic (exact) mass is 436 g/mol. The number of methoxy groups -OCH3 is 1. The molecule has 0 aromatic heterocycles. The first-order chi connectivity index (χ1) is 13.8. The van der Waals surface area contributed by atoms with Crippen LogP contribution in [0.4, 0.5) is 5.69 Å². The molecule has 1 amide bonds. The van der Waals surface area contributed by atoms with E-state index in [1.54, 1.807) is 42.5 Å². The number of rotatable bonds is 6. The minimum Gasteiger partial charge on any atom is -0.495 e. The van der Waals surface area contributed by atoms with Crippen molar-refractivity contribution in [2.24, 2.45) is 0 Å². The average molecular weight is 437 g/mol. The van der Waals surface area contributed by atoms with Crippen molar-refractivity contribution < 1.29 is 17.9 Å². The SMILES string of the molecule is COc1ccc(NC(=O)C[C@H]2CCCCN2S(=O)(=O)c2ccc(C)cc2)cc1Cl. The number of aryl methyl sites for hydroxylation is 1. The third-order valence-corrected chi connectivity index (χ3v) is 7.32. The first-order valence-corrected chi connectivity index (χ1v) is 11.3. The van der Waals surface area contributed by atoms with E-state index in [1.807, 2.05) is 6.92 Å². The van der Waals surface area contributed by atoms with Crippen molar-refractivity contribution in [1.29, 1.82) is 0 Å². The third kappa shape index (κ3) is 5.10. The number of anilines is 1. The van der Waals surface area contributed by atoms with Crippen LogP contribution in [0.25, 0.3) is 0 Å². The molecule has 0 aliphatic carbocycles. The van der Waals surface area contributed by atoms with Gasteiger partial charge in [-0.3, -0.25) is 4.79 Å². The second kappa shape index (κ2) is 9.15. The zero-order valence-electron chi connectivity index (χ0n) is 16.5. The largest absolute Gasteiger partial charge is 0.495 e. The molecule has 8 heteroatoms. The lowest BCUT2D eigenvalue weighted by atomic mass is 10.0. The van der Waals surface area contributed by atoms with Gasteiger partial charge in [-0.05, 0) is 50.1 Å². The molecule has 1 aliphatic heterocycles. The lowest BCUT2D eigenvalue weighted by Crippen LogP contribution is -2.45. The van der Waals surface area contributed by atoms with Gasteiger partial charge >= 0.3 is 0 Å². The number of piperidine rings is 1. The van der Waals surface area contributed by atoms with Crippen LogP contribution >= 0.6 is 11.6 Å². The Labute approximate surface area is 176 Å². The van der Waals surface area contributed by atoms with E-state index in [9.17, 15) is 13.2 Å². The number of amides is 1. The van der Waals surface area contributed by atoms with Crippen LogP contribution < -0.4 is 10.1 Å². The maximum Gasteiger partial charge on any atom is 0.243 e. The molecule has 2 aromatic carbocycles. The number of benzene rings is 2. The maximum absolute atomic E-state index is 13.1. The highest BCUT2D eigenvalue weighted by Crippen LogP contribution is 2.29.